The van der Waals surface area contributed by atoms with E-state index in [4.69, 9.17) is 0 Å². The summed E-state index contributed by atoms with van der Waals surface area (Å²) < 4.78 is 0. The lowest BCUT2D eigenvalue weighted by molar-refractivity contribution is -0.122. The third kappa shape index (κ3) is 7.17. The fourth-order valence-electron chi connectivity index (χ4n) is 2.48. The standard InChI is InChI=1S/C18H26N4O3/c1-6-7-19-18(25)21-16(24)11-22(5)10-15(23)20-17-13(3)8-12(2)9-14(17)4/h6,8-9H,1,7,10-11H2,2-5H3,(H,20,23)(H2,19,21,24,25). The summed E-state index contributed by atoms with van der Waals surface area (Å²) in [4.78, 5) is 36.8. The van der Waals surface area contributed by atoms with Gasteiger partial charge in [-0.05, 0) is 38.9 Å². The Hall–Kier alpha value is -2.67. The molecule has 0 saturated heterocycles. The number of imide groups is 1. The van der Waals surface area contributed by atoms with Crippen LogP contribution in [-0.2, 0) is 9.59 Å². The molecule has 25 heavy (non-hydrogen) atoms. The van der Waals surface area contributed by atoms with E-state index in [1.165, 1.54) is 11.0 Å². The average molecular weight is 346 g/mol. The molecule has 0 unspecified atom stereocenters. The highest BCUT2D eigenvalue weighted by Gasteiger charge is 2.14. The van der Waals surface area contributed by atoms with Crippen molar-refractivity contribution in [3.05, 3.63) is 41.5 Å². The van der Waals surface area contributed by atoms with Gasteiger partial charge in [0.2, 0.25) is 11.8 Å². The number of hydrogen-bond acceptors (Lipinski definition) is 4. The smallest absolute Gasteiger partial charge is 0.321 e. The molecule has 0 aliphatic rings. The Labute approximate surface area is 148 Å². The quantitative estimate of drug-likeness (QED) is 0.653. The summed E-state index contributed by atoms with van der Waals surface area (Å²) in [6, 6.07) is 3.41. The van der Waals surface area contributed by atoms with Crippen molar-refractivity contribution < 1.29 is 14.4 Å². The first kappa shape index (κ1) is 20.4. The molecule has 1 rings (SSSR count). The summed E-state index contributed by atoms with van der Waals surface area (Å²) in [6.45, 7) is 9.58. The number of amides is 4. The van der Waals surface area contributed by atoms with Crippen molar-refractivity contribution in [1.82, 2.24) is 15.5 Å². The van der Waals surface area contributed by atoms with Crippen molar-refractivity contribution in [1.29, 1.82) is 0 Å². The lowest BCUT2D eigenvalue weighted by atomic mass is 10.1. The van der Waals surface area contributed by atoms with Gasteiger partial charge in [-0.3, -0.25) is 19.8 Å². The van der Waals surface area contributed by atoms with E-state index in [2.05, 4.69) is 22.5 Å². The van der Waals surface area contributed by atoms with Crippen molar-refractivity contribution in [2.45, 2.75) is 20.8 Å². The summed E-state index contributed by atoms with van der Waals surface area (Å²) in [7, 11) is 1.63. The lowest BCUT2D eigenvalue weighted by Gasteiger charge is -2.17. The first-order valence-corrected chi connectivity index (χ1v) is 7.97. The van der Waals surface area contributed by atoms with Crippen LogP contribution in [0.2, 0.25) is 0 Å². The molecule has 7 heteroatoms. The predicted molar refractivity (Wildman–Crippen MR) is 98.5 cm³/mol. The molecule has 0 radical (unpaired) electrons. The van der Waals surface area contributed by atoms with Gasteiger partial charge in [0.15, 0.2) is 0 Å². The number of anilines is 1. The lowest BCUT2D eigenvalue weighted by Crippen LogP contribution is -2.45. The van der Waals surface area contributed by atoms with Crippen LogP contribution in [0.5, 0.6) is 0 Å². The summed E-state index contributed by atoms with van der Waals surface area (Å²) in [5, 5.41) is 7.50. The second kappa shape index (κ2) is 9.58. The van der Waals surface area contributed by atoms with Crippen LogP contribution in [0.4, 0.5) is 10.5 Å². The van der Waals surface area contributed by atoms with E-state index in [0.29, 0.717) is 0 Å². The van der Waals surface area contributed by atoms with Gasteiger partial charge in [0.05, 0.1) is 13.1 Å². The van der Waals surface area contributed by atoms with Gasteiger partial charge in [-0.1, -0.05) is 23.8 Å². The molecule has 0 fully saturated rings. The minimum atomic E-state index is -0.589. The maximum atomic E-state index is 12.2. The van der Waals surface area contributed by atoms with E-state index in [1.54, 1.807) is 7.05 Å². The van der Waals surface area contributed by atoms with Crippen LogP contribution in [0.15, 0.2) is 24.8 Å². The first-order valence-electron chi connectivity index (χ1n) is 7.97. The van der Waals surface area contributed by atoms with E-state index in [0.717, 1.165) is 22.4 Å². The molecule has 0 spiro atoms. The highest BCUT2D eigenvalue weighted by atomic mass is 16.2. The monoisotopic (exact) mass is 346 g/mol. The molecule has 0 saturated carbocycles. The van der Waals surface area contributed by atoms with E-state index >= 15 is 0 Å². The van der Waals surface area contributed by atoms with E-state index in [9.17, 15) is 14.4 Å². The van der Waals surface area contributed by atoms with Crippen LogP contribution in [0.3, 0.4) is 0 Å². The van der Waals surface area contributed by atoms with Crippen LogP contribution < -0.4 is 16.0 Å². The molecule has 0 aliphatic carbocycles. The van der Waals surface area contributed by atoms with Crippen molar-refractivity contribution in [2.24, 2.45) is 0 Å². The van der Waals surface area contributed by atoms with Crippen LogP contribution in [0.25, 0.3) is 0 Å². The van der Waals surface area contributed by atoms with Crippen molar-refractivity contribution in [3.8, 4) is 0 Å². The number of carbonyl (C=O) groups is 3. The SMILES string of the molecule is C=CCNC(=O)NC(=O)CN(C)CC(=O)Nc1c(C)cc(C)cc1C. The molecular formula is C18H26N4O3. The Kier molecular flexibility index (Phi) is 7.81. The van der Waals surface area contributed by atoms with E-state index in [-0.39, 0.29) is 25.5 Å². The van der Waals surface area contributed by atoms with Gasteiger partial charge in [-0.15, -0.1) is 6.58 Å². The minimum absolute atomic E-state index is 0.0362. The number of carbonyl (C=O) groups excluding carboxylic acids is 3. The molecule has 4 amide bonds. The number of urea groups is 1. The number of aryl methyl sites for hydroxylation is 3. The Balaban J connectivity index is 2.50. The van der Waals surface area contributed by atoms with Gasteiger partial charge in [-0.25, -0.2) is 4.79 Å². The zero-order valence-electron chi connectivity index (χ0n) is 15.2. The van der Waals surface area contributed by atoms with Crippen LogP contribution in [0, 0.1) is 20.8 Å². The number of benzene rings is 1. The first-order chi connectivity index (χ1) is 11.7. The van der Waals surface area contributed by atoms with Crippen LogP contribution in [-0.4, -0.2) is 49.4 Å². The van der Waals surface area contributed by atoms with Gasteiger partial charge < -0.3 is 10.6 Å². The van der Waals surface area contributed by atoms with Crippen molar-refractivity contribution in [3.63, 3.8) is 0 Å². The van der Waals surface area contributed by atoms with E-state index < -0.39 is 11.9 Å². The zero-order valence-corrected chi connectivity index (χ0v) is 15.2. The summed E-state index contributed by atoms with van der Waals surface area (Å²) in [5.41, 5.74) is 3.91. The highest BCUT2D eigenvalue weighted by Crippen LogP contribution is 2.21. The number of nitrogens with zero attached hydrogens (tertiary/aromatic N) is 1. The molecule has 3 N–H and O–H groups in total. The van der Waals surface area contributed by atoms with Crippen LogP contribution in [0.1, 0.15) is 16.7 Å². The molecule has 7 nitrogen and oxygen atoms in total. The van der Waals surface area contributed by atoms with Gasteiger partial charge in [0.1, 0.15) is 0 Å². The Morgan fingerprint density at radius 1 is 1.08 bits per heavy atom. The molecule has 136 valence electrons. The third-order valence-electron chi connectivity index (χ3n) is 3.43. The normalized spacial score (nSPS) is 10.3. The number of likely N-dealkylation sites (N-methyl/N-ethyl adjacent to an activating group) is 1. The number of nitrogens with one attached hydrogen (secondary N) is 3. The van der Waals surface area contributed by atoms with Gasteiger partial charge in [0.25, 0.3) is 0 Å². The molecule has 1 aromatic carbocycles. The van der Waals surface area contributed by atoms with E-state index in [1.807, 2.05) is 32.9 Å². The van der Waals surface area contributed by atoms with Crippen LogP contribution >= 0.6 is 0 Å². The number of rotatable bonds is 7. The summed E-state index contributed by atoms with van der Waals surface area (Å²) in [5.74, 6) is -0.707. The fourth-order valence-corrected chi connectivity index (χ4v) is 2.48. The Bertz CT molecular complexity index is 647. The summed E-state index contributed by atoms with van der Waals surface area (Å²) >= 11 is 0. The molecule has 0 aromatic heterocycles. The Morgan fingerprint density at radius 3 is 2.20 bits per heavy atom. The molecule has 0 aliphatic heterocycles. The van der Waals surface area contributed by atoms with Crippen molar-refractivity contribution >= 4 is 23.5 Å². The predicted octanol–water partition coefficient (Wildman–Crippen LogP) is 1.49. The molecule has 0 atom stereocenters. The number of hydrogen-bond donors (Lipinski definition) is 3. The highest BCUT2D eigenvalue weighted by molar-refractivity contribution is 5.96. The Morgan fingerprint density at radius 2 is 1.64 bits per heavy atom. The average Bonchev–Trinajstić information content (AvgIpc) is 2.48. The summed E-state index contributed by atoms with van der Waals surface area (Å²) in [6.07, 6.45) is 1.51. The maximum Gasteiger partial charge on any atom is 0.321 e. The second-order valence-electron chi connectivity index (χ2n) is 6.04. The van der Waals surface area contributed by atoms with Crippen molar-refractivity contribution in [2.75, 3.05) is 32.0 Å². The molecular weight excluding hydrogens is 320 g/mol. The maximum absolute atomic E-state index is 12.2. The minimum Gasteiger partial charge on any atom is -0.334 e. The fraction of sp³-hybridized carbons (Fsp3) is 0.389. The molecule has 1 aromatic rings. The van der Waals surface area contributed by atoms with Gasteiger partial charge in [-0.2, -0.15) is 0 Å². The zero-order chi connectivity index (χ0) is 19.0. The van der Waals surface area contributed by atoms with Gasteiger partial charge in [0, 0.05) is 12.2 Å². The largest absolute Gasteiger partial charge is 0.334 e. The second-order valence-corrected chi connectivity index (χ2v) is 6.04. The third-order valence-corrected chi connectivity index (χ3v) is 3.43. The topological polar surface area (TPSA) is 90.5 Å². The molecule has 0 bridgehead atoms. The molecule has 0 heterocycles. The van der Waals surface area contributed by atoms with Gasteiger partial charge >= 0.3 is 6.03 Å².